The summed E-state index contributed by atoms with van der Waals surface area (Å²) < 4.78 is 7.16. The Hall–Kier alpha value is -1.24. The number of rotatable bonds is 3. The van der Waals surface area contributed by atoms with E-state index in [1.165, 1.54) is 0 Å². The molecule has 1 saturated heterocycles. The fourth-order valence-corrected chi connectivity index (χ4v) is 2.88. The van der Waals surface area contributed by atoms with E-state index < -0.39 is 0 Å². The van der Waals surface area contributed by atoms with Gasteiger partial charge in [-0.2, -0.15) is 5.10 Å². The van der Waals surface area contributed by atoms with Crippen LogP contribution in [0, 0.1) is 0 Å². The van der Waals surface area contributed by atoms with Gasteiger partial charge in [-0.1, -0.05) is 11.6 Å². The molecule has 0 bridgehead atoms. The largest absolute Gasteiger partial charge is 0.380 e. The van der Waals surface area contributed by atoms with Crippen molar-refractivity contribution in [3.63, 3.8) is 0 Å². The number of methoxy groups -OCH3 is 1. The van der Waals surface area contributed by atoms with E-state index in [9.17, 15) is 0 Å². The smallest absolute Gasteiger partial charge is 0.162 e. The van der Waals surface area contributed by atoms with E-state index in [1.807, 2.05) is 7.05 Å². The minimum Gasteiger partial charge on any atom is -0.380 e. The molecule has 0 aliphatic carbocycles. The fraction of sp³-hybridized carbons (Fsp3) is 0.615. The van der Waals surface area contributed by atoms with Gasteiger partial charge in [0, 0.05) is 20.7 Å². The zero-order valence-corrected chi connectivity index (χ0v) is 12.5. The first kappa shape index (κ1) is 13.7. The van der Waals surface area contributed by atoms with E-state index in [0.29, 0.717) is 17.8 Å². The summed E-state index contributed by atoms with van der Waals surface area (Å²) >= 11 is 6.20. The number of aromatic nitrogens is 4. The van der Waals surface area contributed by atoms with Crippen LogP contribution in [0.2, 0.25) is 5.15 Å². The molecule has 3 rings (SSSR count). The molecule has 2 aromatic rings. The lowest BCUT2D eigenvalue weighted by Crippen LogP contribution is -2.39. The van der Waals surface area contributed by atoms with Gasteiger partial charge >= 0.3 is 0 Å². The topological polar surface area (TPSA) is 56.1 Å². The van der Waals surface area contributed by atoms with Gasteiger partial charge in [0.25, 0.3) is 0 Å². The summed E-state index contributed by atoms with van der Waals surface area (Å²) in [5.41, 5.74) is 0.778. The Labute approximate surface area is 122 Å². The maximum absolute atomic E-state index is 6.20. The van der Waals surface area contributed by atoms with E-state index in [4.69, 9.17) is 16.3 Å². The maximum atomic E-state index is 6.20. The van der Waals surface area contributed by atoms with E-state index in [1.54, 1.807) is 18.0 Å². The van der Waals surface area contributed by atoms with E-state index in [0.717, 1.165) is 42.8 Å². The monoisotopic (exact) mass is 295 g/mol. The molecule has 0 N–H and O–H groups in total. The second kappa shape index (κ2) is 5.63. The molecule has 1 fully saturated rings. The molecule has 1 unspecified atom stereocenters. The fourth-order valence-electron chi connectivity index (χ4n) is 2.65. The molecule has 0 saturated carbocycles. The average molecular weight is 296 g/mol. The molecule has 1 aliphatic rings. The van der Waals surface area contributed by atoms with Crippen molar-refractivity contribution < 1.29 is 4.74 Å². The Morgan fingerprint density at radius 2 is 2.30 bits per heavy atom. The van der Waals surface area contributed by atoms with Crippen molar-refractivity contribution in [3.05, 3.63) is 17.2 Å². The van der Waals surface area contributed by atoms with Crippen molar-refractivity contribution >= 4 is 22.6 Å². The van der Waals surface area contributed by atoms with Crippen LogP contribution in [0.1, 0.15) is 18.7 Å². The van der Waals surface area contributed by atoms with Gasteiger partial charge < -0.3 is 4.74 Å². The second-order valence-corrected chi connectivity index (χ2v) is 5.53. The second-order valence-electron chi connectivity index (χ2n) is 5.17. The summed E-state index contributed by atoms with van der Waals surface area (Å²) in [6, 6.07) is 0. The third-order valence-corrected chi connectivity index (χ3v) is 4.04. The number of hydrogen-bond acceptors (Lipinski definition) is 5. The van der Waals surface area contributed by atoms with Crippen LogP contribution in [-0.4, -0.2) is 51.0 Å². The molecule has 0 radical (unpaired) electrons. The Balaban J connectivity index is 1.82. The normalized spacial score (nSPS) is 20.6. The number of aryl methyl sites for hydroxylation is 1. The van der Waals surface area contributed by atoms with E-state index in [2.05, 4.69) is 20.0 Å². The third-order valence-electron chi connectivity index (χ3n) is 3.75. The Bertz CT molecular complexity index is 614. The third kappa shape index (κ3) is 2.63. The molecule has 6 nitrogen and oxygen atoms in total. The van der Waals surface area contributed by atoms with Crippen LogP contribution in [0.15, 0.2) is 6.20 Å². The van der Waals surface area contributed by atoms with Crippen LogP contribution in [-0.2, 0) is 18.3 Å². The number of fused-ring (bicyclic) bond motifs is 1. The summed E-state index contributed by atoms with van der Waals surface area (Å²) in [6.07, 6.45) is 4.26. The predicted molar refractivity (Wildman–Crippen MR) is 76.6 cm³/mol. The van der Waals surface area contributed by atoms with Crippen molar-refractivity contribution in [1.29, 1.82) is 0 Å². The van der Waals surface area contributed by atoms with Crippen LogP contribution in [0.5, 0.6) is 0 Å². The molecule has 0 aromatic carbocycles. The number of ether oxygens (including phenoxy) is 1. The van der Waals surface area contributed by atoms with Crippen molar-refractivity contribution in [2.24, 2.45) is 7.05 Å². The summed E-state index contributed by atoms with van der Waals surface area (Å²) in [6.45, 7) is 2.66. The van der Waals surface area contributed by atoms with Gasteiger partial charge in [0.2, 0.25) is 0 Å². The summed E-state index contributed by atoms with van der Waals surface area (Å²) in [5, 5.41) is 5.43. The molecule has 1 aliphatic heterocycles. The summed E-state index contributed by atoms with van der Waals surface area (Å²) in [4.78, 5) is 11.3. The zero-order valence-electron chi connectivity index (χ0n) is 11.7. The highest BCUT2D eigenvalue weighted by molar-refractivity contribution is 6.33. The highest BCUT2D eigenvalue weighted by Gasteiger charge is 2.21. The van der Waals surface area contributed by atoms with Crippen molar-refractivity contribution in [3.8, 4) is 0 Å². The van der Waals surface area contributed by atoms with Crippen LogP contribution >= 0.6 is 11.6 Å². The lowest BCUT2D eigenvalue weighted by molar-refractivity contribution is 0.0277. The molecule has 2 aromatic heterocycles. The molecule has 3 heterocycles. The van der Waals surface area contributed by atoms with E-state index >= 15 is 0 Å². The quantitative estimate of drug-likeness (QED) is 0.806. The maximum Gasteiger partial charge on any atom is 0.162 e. The Morgan fingerprint density at radius 3 is 3.10 bits per heavy atom. The van der Waals surface area contributed by atoms with Crippen molar-refractivity contribution in [1.82, 2.24) is 24.6 Å². The number of halogens is 1. The van der Waals surface area contributed by atoms with Crippen LogP contribution in [0.4, 0.5) is 0 Å². The van der Waals surface area contributed by atoms with Crippen LogP contribution < -0.4 is 0 Å². The molecule has 108 valence electrons. The molecule has 0 amide bonds. The lowest BCUT2D eigenvalue weighted by Gasteiger charge is -2.31. The number of hydrogen-bond donors (Lipinski definition) is 0. The highest BCUT2D eigenvalue weighted by atomic mass is 35.5. The predicted octanol–water partition coefficient (Wildman–Crippen LogP) is 1.63. The molecular formula is C13H18ClN5O. The molecule has 20 heavy (non-hydrogen) atoms. The van der Waals surface area contributed by atoms with Gasteiger partial charge in [0.05, 0.1) is 24.2 Å². The van der Waals surface area contributed by atoms with Gasteiger partial charge in [0.1, 0.15) is 11.0 Å². The van der Waals surface area contributed by atoms with Crippen molar-refractivity contribution in [2.75, 3.05) is 20.2 Å². The minimum absolute atomic E-state index is 0.305. The first-order chi connectivity index (χ1) is 9.67. The Kier molecular flexibility index (Phi) is 3.87. The number of piperidine rings is 1. The average Bonchev–Trinajstić information content (AvgIpc) is 2.81. The summed E-state index contributed by atoms with van der Waals surface area (Å²) in [7, 11) is 3.63. The van der Waals surface area contributed by atoms with Gasteiger partial charge in [-0.05, 0) is 19.4 Å². The SMILES string of the molecule is COC1CCCN(Cc2nc(Cl)c3cnn(C)c3n2)C1. The standard InChI is InChI=1S/C13H18ClN5O/c1-18-13-10(6-15-18)12(14)16-11(17-13)8-19-5-3-4-9(7-19)20-2/h6,9H,3-5,7-8H2,1-2H3. The van der Waals surface area contributed by atoms with Crippen LogP contribution in [0.3, 0.4) is 0 Å². The molecule has 7 heteroatoms. The van der Waals surface area contributed by atoms with Gasteiger partial charge in [0.15, 0.2) is 5.65 Å². The molecule has 0 spiro atoms. The van der Waals surface area contributed by atoms with E-state index in [-0.39, 0.29) is 0 Å². The lowest BCUT2D eigenvalue weighted by atomic mass is 10.1. The first-order valence-corrected chi connectivity index (χ1v) is 7.14. The number of likely N-dealkylation sites (tertiary alicyclic amines) is 1. The first-order valence-electron chi connectivity index (χ1n) is 6.76. The minimum atomic E-state index is 0.305. The summed E-state index contributed by atoms with van der Waals surface area (Å²) in [5.74, 6) is 0.739. The highest BCUT2D eigenvalue weighted by Crippen LogP contribution is 2.21. The van der Waals surface area contributed by atoms with Gasteiger partial charge in [-0.25, -0.2) is 9.97 Å². The van der Waals surface area contributed by atoms with Crippen molar-refractivity contribution in [2.45, 2.75) is 25.5 Å². The number of nitrogens with zero attached hydrogens (tertiary/aromatic N) is 5. The van der Waals surface area contributed by atoms with Gasteiger partial charge in [-0.15, -0.1) is 0 Å². The zero-order chi connectivity index (χ0) is 14.1. The Morgan fingerprint density at radius 1 is 1.45 bits per heavy atom. The molecular weight excluding hydrogens is 278 g/mol. The van der Waals surface area contributed by atoms with Gasteiger partial charge in [-0.3, -0.25) is 9.58 Å². The van der Waals surface area contributed by atoms with Crippen LogP contribution in [0.25, 0.3) is 11.0 Å². The molecule has 1 atom stereocenters.